The molecule has 0 unspecified atom stereocenters. The van der Waals surface area contributed by atoms with Crippen LogP contribution >= 0.6 is 0 Å². The average Bonchev–Trinajstić information content (AvgIpc) is 2.64. The van der Waals surface area contributed by atoms with E-state index in [9.17, 15) is 10.2 Å². The van der Waals surface area contributed by atoms with E-state index < -0.39 is 10.8 Å². The number of hydrogen-bond donors (Lipinski definition) is 2. The summed E-state index contributed by atoms with van der Waals surface area (Å²) in [4.78, 5) is 9.23. The second-order valence-corrected chi connectivity index (χ2v) is 8.53. The van der Waals surface area contributed by atoms with Crippen LogP contribution in [0.25, 0.3) is 11.1 Å². The largest absolute Gasteiger partial charge is 0.507 e. The Kier molecular flexibility index (Phi) is 6.59. The number of benzene rings is 2. The third kappa shape index (κ3) is 4.38. The Morgan fingerprint density at radius 1 is 0.655 bits per heavy atom. The van der Waals surface area contributed by atoms with Gasteiger partial charge in [0.05, 0.1) is 11.4 Å². The van der Waals surface area contributed by atoms with Crippen molar-refractivity contribution in [1.82, 2.24) is 0 Å². The molecule has 0 radical (unpaired) electrons. The minimum Gasteiger partial charge on any atom is -0.507 e. The molecule has 3 rings (SSSR count). The third-order valence-corrected chi connectivity index (χ3v) is 5.44. The van der Waals surface area contributed by atoms with Crippen molar-refractivity contribution in [1.29, 1.82) is 0 Å². The Labute approximate surface area is 187 Å². The number of para-hydroxylation sites is 2. The van der Waals surface area contributed by atoms with Crippen LogP contribution in [0, 0.1) is 0 Å². The van der Waals surface area contributed by atoms with Crippen LogP contribution in [0.2, 0.25) is 0 Å². The van der Waals surface area contributed by atoms with Gasteiger partial charge in [0.15, 0.2) is 0 Å². The Morgan fingerprint density at radius 2 is 1.00 bits per heavy atom. The molecule has 2 aromatic rings. The molecule has 0 amide bonds. The van der Waals surface area contributed by atoms with Crippen LogP contribution in [0.4, 0.5) is 0 Å². The Hall–Kier alpha value is -2.19. The fraction of sp³-hybridized carbons (Fsp3) is 0.333. The van der Waals surface area contributed by atoms with Crippen LogP contribution in [0.5, 0.6) is 11.5 Å². The zero-order chi connectivity index (χ0) is 20.7. The molecule has 2 N–H and O–H groups in total. The fourth-order valence-corrected chi connectivity index (χ4v) is 3.40. The molecule has 0 saturated carbocycles. The summed E-state index contributed by atoms with van der Waals surface area (Å²) in [5.74, 6) is 0.321. The summed E-state index contributed by atoms with van der Waals surface area (Å²) in [6.45, 7) is 11.9. The van der Waals surface area contributed by atoms with E-state index in [1.807, 2.05) is 90.4 Å². The molecule has 5 heteroatoms. The van der Waals surface area contributed by atoms with Crippen LogP contribution in [-0.2, 0) is 31.9 Å². The molecule has 0 fully saturated rings. The van der Waals surface area contributed by atoms with Gasteiger partial charge in [-0.2, -0.15) is 0 Å². The third-order valence-electron chi connectivity index (χ3n) is 5.44. The van der Waals surface area contributed by atoms with Crippen molar-refractivity contribution < 1.29 is 31.3 Å². The van der Waals surface area contributed by atoms with Crippen LogP contribution in [-0.4, -0.2) is 22.6 Å². The molecule has 156 valence electrons. The summed E-state index contributed by atoms with van der Waals surface area (Å²) < 4.78 is 0. The molecule has 0 spiro atoms. The Balaban J connectivity index is 0.00000300. The van der Waals surface area contributed by atoms with Crippen molar-refractivity contribution >= 4 is 12.4 Å². The molecular weight excluding hydrogens is 543 g/mol. The molecule has 4 bridgehead atoms. The Morgan fingerprint density at radius 3 is 1.34 bits per heavy atom. The zero-order valence-electron chi connectivity index (χ0n) is 17.7. The van der Waals surface area contributed by atoms with Gasteiger partial charge in [-0.1, -0.05) is 64.1 Å². The minimum atomic E-state index is -0.498. The molecule has 0 aliphatic carbocycles. The summed E-state index contributed by atoms with van der Waals surface area (Å²) in [5.41, 5.74) is 3.34. The van der Waals surface area contributed by atoms with Crippen molar-refractivity contribution in [3.8, 4) is 22.6 Å². The number of phenolic OH excluding ortho intramolecular Hbond substituents is 2. The van der Waals surface area contributed by atoms with Crippen LogP contribution < -0.4 is 0 Å². The molecular formula is C24H28N2O2Pt. The van der Waals surface area contributed by atoms with Crippen molar-refractivity contribution in [2.45, 2.75) is 52.4 Å². The Bertz CT molecular complexity index is 936. The van der Waals surface area contributed by atoms with E-state index in [0.717, 1.165) is 22.5 Å². The van der Waals surface area contributed by atoms with E-state index in [4.69, 9.17) is 0 Å². The molecule has 0 aromatic heterocycles. The quantitative estimate of drug-likeness (QED) is 0.425. The molecule has 1 aliphatic heterocycles. The molecule has 2 aromatic carbocycles. The van der Waals surface area contributed by atoms with Gasteiger partial charge in [-0.25, -0.2) is 0 Å². The maximum Gasteiger partial charge on any atom is 0.127 e. The second kappa shape index (κ2) is 8.28. The topological polar surface area (TPSA) is 65.2 Å². The number of hydrogen-bond acceptors (Lipinski definition) is 4. The summed E-state index contributed by atoms with van der Waals surface area (Å²) in [5, 5.41) is 22.1. The first-order chi connectivity index (χ1) is 13.0. The van der Waals surface area contributed by atoms with E-state index in [0.29, 0.717) is 11.1 Å². The van der Waals surface area contributed by atoms with Gasteiger partial charge >= 0.3 is 0 Å². The van der Waals surface area contributed by atoms with Gasteiger partial charge in [0.2, 0.25) is 0 Å². The van der Waals surface area contributed by atoms with Crippen molar-refractivity contribution in [3.05, 3.63) is 58.9 Å². The van der Waals surface area contributed by atoms with Crippen molar-refractivity contribution in [2.75, 3.05) is 0 Å². The normalized spacial score (nSPS) is 17.4. The molecule has 1 heterocycles. The van der Waals surface area contributed by atoms with Crippen molar-refractivity contribution in [3.63, 3.8) is 0 Å². The summed E-state index contributed by atoms with van der Waals surface area (Å²) in [7, 11) is 0. The van der Waals surface area contributed by atoms with E-state index in [-0.39, 0.29) is 32.6 Å². The maximum atomic E-state index is 11.1. The summed E-state index contributed by atoms with van der Waals surface area (Å²) >= 11 is 0. The number of aliphatic imine (C=N–C) groups is 2. The van der Waals surface area contributed by atoms with Gasteiger partial charge < -0.3 is 10.2 Å². The number of nitrogens with zero attached hydrogens (tertiary/aromatic N) is 2. The van der Waals surface area contributed by atoms with Crippen LogP contribution in [0.15, 0.2) is 57.8 Å². The summed E-state index contributed by atoms with van der Waals surface area (Å²) in [6.07, 6.45) is 3.68. The predicted molar refractivity (Wildman–Crippen MR) is 117 cm³/mol. The predicted octanol–water partition coefficient (Wildman–Crippen LogP) is 5.72. The SMILES string of the molecule is CC1=C(C)N=CC(C)(C)c2cccc(c2O)-c2cccc(c2O)C(C)(C)C=N1.[Pt]. The monoisotopic (exact) mass is 571 g/mol. The van der Waals surface area contributed by atoms with E-state index in [1.54, 1.807) is 0 Å². The van der Waals surface area contributed by atoms with E-state index in [2.05, 4.69) is 9.98 Å². The number of aromatic hydroxyl groups is 2. The van der Waals surface area contributed by atoms with E-state index in [1.165, 1.54) is 0 Å². The van der Waals surface area contributed by atoms with Gasteiger partial charge in [-0.3, -0.25) is 9.98 Å². The molecule has 1 aliphatic rings. The van der Waals surface area contributed by atoms with Gasteiger partial charge in [0.25, 0.3) is 0 Å². The number of allylic oxidation sites excluding steroid dienone is 2. The standard InChI is InChI=1S/C24H28N2O2.Pt/c1-15-16(2)26-14-24(5,6)20-12-8-10-18(22(20)28)17-9-7-11-19(21(17)27)23(3,4)13-25-15;/h7-14,27-28H,1-6H3;. The first-order valence-electron chi connectivity index (χ1n) is 9.48. The molecule has 4 nitrogen and oxygen atoms in total. The molecule has 0 atom stereocenters. The first-order valence-corrected chi connectivity index (χ1v) is 9.48. The first kappa shape index (κ1) is 23.1. The van der Waals surface area contributed by atoms with Crippen LogP contribution in [0.3, 0.4) is 0 Å². The fourth-order valence-electron chi connectivity index (χ4n) is 3.40. The van der Waals surface area contributed by atoms with Crippen LogP contribution in [0.1, 0.15) is 52.7 Å². The number of phenols is 2. The van der Waals surface area contributed by atoms with Gasteiger partial charge in [0, 0.05) is 66.6 Å². The van der Waals surface area contributed by atoms with Gasteiger partial charge in [0.1, 0.15) is 11.5 Å². The number of rotatable bonds is 0. The second-order valence-electron chi connectivity index (χ2n) is 8.53. The minimum absolute atomic E-state index is 0. The zero-order valence-corrected chi connectivity index (χ0v) is 20.0. The molecule has 0 saturated heterocycles. The van der Waals surface area contributed by atoms with Crippen molar-refractivity contribution in [2.24, 2.45) is 9.98 Å². The maximum absolute atomic E-state index is 11.1. The smallest absolute Gasteiger partial charge is 0.127 e. The van der Waals surface area contributed by atoms with E-state index >= 15 is 0 Å². The van der Waals surface area contributed by atoms with Gasteiger partial charge in [-0.05, 0) is 13.8 Å². The van der Waals surface area contributed by atoms with Gasteiger partial charge in [-0.15, -0.1) is 0 Å². The molecule has 29 heavy (non-hydrogen) atoms. The average molecular weight is 572 g/mol. The summed E-state index contributed by atoms with van der Waals surface area (Å²) in [6, 6.07) is 11.2. The number of fused-ring (bicyclic) bond motifs is 5.